The summed E-state index contributed by atoms with van der Waals surface area (Å²) in [7, 11) is 0. The number of hydrogen-bond acceptors (Lipinski definition) is 7. The minimum absolute atomic E-state index is 0.0549. The van der Waals surface area contributed by atoms with Gasteiger partial charge in [0.2, 0.25) is 5.91 Å². The highest BCUT2D eigenvalue weighted by molar-refractivity contribution is 5.97. The molecule has 3 amide bonds. The SMILES string of the molecule is CCCOC(=O)c1ccc(NC(=O)COC(=O)[C@H]2CC(=O)N(NC(=O)c3ccc(C(C)(C)C)cc3)C2)cc1. The summed E-state index contributed by atoms with van der Waals surface area (Å²) in [5.41, 5.74) is 4.71. The van der Waals surface area contributed by atoms with Crippen LogP contribution in [0.2, 0.25) is 0 Å². The number of ether oxygens (including phenoxy) is 2. The first-order valence-electron chi connectivity index (χ1n) is 12.4. The fourth-order valence-corrected chi connectivity index (χ4v) is 3.70. The number of rotatable bonds is 9. The van der Waals surface area contributed by atoms with Crippen LogP contribution in [0.15, 0.2) is 48.5 Å². The van der Waals surface area contributed by atoms with Gasteiger partial charge in [-0.15, -0.1) is 0 Å². The van der Waals surface area contributed by atoms with Crippen molar-refractivity contribution in [2.45, 2.75) is 46.0 Å². The second-order valence-electron chi connectivity index (χ2n) is 10.0. The molecule has 2 aromatic carbocycles. The molecule has 0 bridgehead atoms. The van der Waals surface area contributed by atoms with E-state index in [1.54, 1.807) is 12.1 Å². The van der Waals surface area contributed by atoms with Gasteiger partial charge in [0.25, 0.3) is 11.8 Å². The molecule has 0 spiro atoms. The third-order valence-electron chi connectivity index (χ3n) is 5.90. The molecule has 0 aliphatic carbocycles. The lowest BCUT2D eigenvalue weighted by atomic mass is 9.87. The first-order valence-corrected chi connectivity index (χ1v) is 12.4. The smallest absolute Gasteiger partial charge is 0.338 e. The van der Waals surface area contributed by atoms with Crippen molar-refractivity contribution < 1.29 is 33.4 Å². The summed E-state index contributed by atoms with van der Waals surface area (Å²) in [5.74, 6) is -3.44. The maximum Gasteiger partial charge on any atom is 0.338 e. The van der Waals surface area contributed by atoms with Crippen molar-refractivity contribution in [3.8, 4) is 0 Å². The summed E-state index contributed by atoms with van der Waals surface area (Å²) in [4.78, 5) is 61.4. The van der Waals surface area contributed by atoms with E-state index in [0.717, 1.165) is 10.6 Å². The molecule has 0 saturated carbocycles. The molecule has 1 heterocycles. The fraction of sp³-hybridized carbons (Fsp3) is 0.393. The van der Waals surface area contributed by atoms with Crippen LogP contribution >= 0.6 is 0 Å². The van der Waals surface area contributed by atoms with Gasteiger partial charge in [0, 0.05) is 17.7 Å². The maximum absolute atomic E-state index is 12.6. The summed E-state index contributed by atoms with van der Waals surface area (Å²) >= 11 is 0. The van der Waals surface area contributed by atoms with Crippen molar-refractivity contribution in [1.82, 2.24) is 10.4 Å². The van der Waals surface area contributed by atoms with Crippen LogP contribution in [0.3, 0.4) is 0 Å². The van der Waals surface area contributed by atoms with Crippen LogP contribution in [-0.2, 0) is 29.3 Å². The minimum atomic E-state index is -0.813. The van der Waals surface area contributed by atoms with Crippen molar-refractivity contribution in [3.05, 3.63) is 65.2 Å². The highest BCUT2D eigenvalue weighted by atomic mass is 16.5. The van der Waals surface area contributed by atoms with E-state index in [1.807, 2.05) is 19.1 Å². The van der Waals surface area contributed by atoms with Crippen molar-refractivity contribution in [2.75, 3.05) is 25.1 Å². The quantitative estimate of drug-likeness (QED) is 0.483. The summed E-state index contributed by atoms with van der Waals surface area (Å²) in [6.45, 7) is 7.82. The number of nitrogens with zero attached hydrogens (tertiary/aromatic N) is 1. The van der Waals surface area contributed by atoms with Crippen LogP contribution in [0.25, 0.3) is 0 Å². The molecule has 0 unspecified atom stereocenters. The minimum Gasteiger partial charge on any atom is -0.462 e. The molecule has 3 rings (SSSR count). The molecule has 1 aliphatic rings. The molecule has 1 fully saturated rings. The van der Waals surface area contributed by atoms with Gasteiger partial charge in [0.05, 0.1) is 24.6 Å². The van der Waals surface area contributed by atoms with Crippen LogP contribution in [0.5, 0.6) is 0 Å². The summed E-state index contributed by atoms with van der Waals surface area (Å²) in [5, 5.41) is 3.67. The van der Waals surface area contributed by atoms with E-state index in [2.05, 4.69) is 31.5 Å². The first kappa shape index (κ1) is 28.4. The van der Waals surface area contributed by atoms with Gasteiger partial charge in [-0.25, -0.2) is 4.79 Å². The van der Waals surface area contributed by atoms with Gasteiger partial charge in [-0.05, 0) is 53.8 Å². The molecule has 2 aromatic rings. The molecule has 0 aromatic heterocycles. The van der Waals surface area contributed by atoms with E-state index in [0.29, 0.717) is 29.8 Å². The van der Waals surface area contributed by atoms with E-state index in [-0.39, 0.29) is 18.4 Å². The zero-order valence-corrected chi connectivity index (χ0v) is 22.0. The van der Waals surface area contributed by atoms with Gasteiger partial charge in [-0.1, -0.05) is 39.8 Å². The average Bonchev–Trinajstić information content (AvgIpc) is 3.25. The van der Waals surface area contributed by atoms with E-state index < -0.39 is 42.2 Å². The van der Waals surface area contributed by atoms with Gasteiger partial charge in [0.1, 0.15) is 0 Å². The Kier molecular flexibility index (Phi) is 9.22. The number of hydrazine groups is 1. The highest BCUT2D eigenvalue weighted by Crippen LogP contribution is 2.23. The normalized spacial score (nSPS) is 15.1. The molecule has 10 nitrogen and oxygen atoms in total. The molecule has 202 valence electrons. The molecule has 10 heteroatoms. The van der Waals surface area contributed by atoms with E-state index in [1.165, 1.54) is 24.3 Å². The van der Waals surface area contributed by atoms with Crippen molar-refractivity contribution in [1.29, 1.82) is 0 Å². The predicted molar refractivity (Wildman–Crippen MR) is 139 cm³/mol. The average molecular weight is 524 g/mol. The Morgan fingerprint density at radius 3 is 2.18 bits per heavy atom. The Hall–Kier alpha value is -4.21. The first-order chi connectivity index (χ1) is 18.0. The van der Waals surface area contributed by atoms with Crippen molar-refractivity contribution >= 4 is 35.3 Å². The lowest BCUT2D eigenvalue weighted by molar-refractivity contribution is -0.151. The molecule has 1 aliphatic heterocycles. The third kappa shape index (κ3) is 7.64. The van der Waals surface area contributed by atoms with Crippen LogP contribution in [0.1, 0.15) is 66.8 Å². The largest absolute Gasteiger partial charge is 0.462 e. The number of nitrogens with one attached hydrogen (secondary N) is 2. The van der Waals surface area contributed by atoms with Gasteiger partial charge in [0.15, 0.2) is 6.61 Å². The zero-order valence-electron chi connectivity index (χ0n) is 22.0. The Morgan fingerprint density at radius 2 is 1.58 bits per heavy atom. The lowest BCUT2D eigenvalue weighted by Gasteiger charge is -2.20. The standard InChI is InChI=1S/C28H33N3O7/c1-5-14-37-26(35)19-8-12-22(13-9-19)29-23(32)17-38-27(36)20-15-24(33)31(16-20)30-25(34)18-6-10-21(11-7-18)28(2,3)4/h6-13,20H,5,14-17H2,1-4H3,(H,29,32)(H,30,34)/t20-/m0/s1. The number of carbonyl (C=O) groups excluding carboxylic acids is 5. The third-order valence-corrected chi connectivity index (χ3v) is 5.90. The van der Waals surface area contributed by atoms with Crippen LogP contribution in [0.4, 0.5) is 5.69 Å². The molecule has 38 heavy (non-hydrogen) atoms. The van der Waals surface area contributed by atoms with Crippen LogP contribution in [0, 0.1) is 5.92 Å². The van der Waals surface area contributed by atoms with Crippen molar-refractivity contribution in [2.24, 2.45) is 5.92 Å². The Bertz CT molecular complexity index is 1180. The van der Waals surface area contributed by atoms with Crippen molar-refractivity contribution in [3.63, 3.8) is 0 Å². The predicted octanol–water partition coefficient (Wildman–Crippen LogP) is 3.23. The summed E-state index contributed by atoms with van der Waals surface area (Å²) < 4.78 is 10.1. The molecular weight excluding hydrogens is 490 g/mol. The Morgan fingerprint density at radius 1 is 0.947 bits per heavy atom. The number of hydrogen-bond donors (Lipinski definition) is 2. The zero-order chi connectivity index (χ0) is 27.9. The second-order valence-corrected chi connectivity index (χ2v) is 10.0. The van der Waals surface area contributed by atoms with E-state index in [4.69, 9.17) is 9.47 Å². The number of amides is 3. The lowest BCUT2D eigenvalue weighted by Crippen LogP contribution is -2.43. The van der Waals surface area contributed by atoms with Gasteiger partial charge >= 0.3 is 11.9 Å². The second kappa shape index (κ2) is 12.4. The Balaban J connectivity index is 1.45. The topological polar surface area (TPSA) is 131 Å². The number of esters is 2. The monoisotopic (exact) mass is 523 g/mol. The molecular formula is C28H33N3O7. The maximum atomic E-state index is 12.6. The van der Waals surface area contributed by atoms with Gasteiger partial charge < -0.3 is 14.8 Å². The number of anilines is 1. The summed E-state index contributed by atoms with van der Waals surface area (Å²) in [6.07, 6.45) is 0.575. The Labute approximate surface area is 221 Å². The molecule has 1 saturated heterocycles. The number of benzene rings is 2. The molecule has 2 N–H and O–H groups in total. The van der Waals surface area contributed by atoms with Gasteiger partial charge in [-0.3, -0.25) is 29.6 Å². The van der Waals surface area contributed by atoms with E-state index >= 15 is 0 Å². The van der Waals surface area contributed by atoms with Gasteiger partial charge in [-0.2, -0.15) is 0 Å². The molecule has 1 atom stereocenters. The fourth-order valence-electron chi connectivity index (χ4n) is 3.70. The van der Waals surface area contributed by atoms with Crippen LogP contribution in [-0.4, -0.2) is 54.4 Å². The number of carbonyl (C=O) groups is 5. The highest BCUT2D eigenvalue weighted by Gasteiger charge is 2.36. The van der Waals surface area contributed by atoms with E-state index in [9.17, 15) is 24.0 Å². The van der Waals surface area contributed by atoms with Crippen LogP contribution < -0.4 is 10.7 Å². The summed E-state index contributed by atoms with van der Waals surface area (Å²) in [6, 6.07) is 13.2. The molecule has 0 radical (unpaired) electrons.